The third kappa shape index (κ3) is 4.89. The van der Waals surface area contributed by atoms with E-state index in [4.69, 9.17) is 14.7 Å². The summed E-state index contributed by atoms with van der Waals surface area (Å²) in [6.45, 7) is 5.32. The average Bonchev–Trinajstić information content (AvgIpc) is 2.40. The van der Waals surface area contributed by atoms with Crippen molar-refractivity contribution in [2.24, 2.45) is 0 Å². The first-order valence-electron chi connectivity index (χ1n) is 6.19. The Morgan fingerprint density at radius 1 is 1.22 bits per heavy atom. The highest BCUT2D eigenvalue weighted by Crippen LogP contribution is 2.28. The molecule has 0 aliphatic carbocycles. The molecular formula is C14H19NO2S. The number of hydrogen-bond acceptors (Lipinski definition) is 4. The Kier molecular flexibility index (Phi) is 7.12. The maximum Gasteiger partial charge on any atom is 0.162 e. The molecule has 0 saturated heterocycles. The molecule has 0 heterocycles. The molecule has 0 unspecified atom stereocenters. The van der Waals surface area contributed by atoms with Crippen LogP contribution in [-0.4, -0.2) is 24.7 Å². The quantitative estimate of drug-likeness (QED) is 0.675. The van der Waals surface area contributed by atoms with Gasteiger partial charge in [-0.1, -0.05) is 6.92 Å². The summed E-state index contributed by atoms with van der Waals surface area (Å²) in [5.74, 6) is 3.62. The molecule has 0 saturated carbocycles. The molecule has 18 heavy (non-hydrogen) atoms. The molecule has 0 N–H and O–H groups in total. The number of ether oxygens (including phenoxy) is 2. The van der Waals surface area contributed by atoms with Gasteiger partial charge in [-0.15, -0.1) is 0 Å². The molecule has 3 nitrogen and oxygen atoms in total. The zero-order chi connectivity index (χ0) is 13.2. The molecule has 1 aromatic rings. The maximum absolute atomic E-state index is 8.85. The van der Waals surface area contributed by atoms with Crippen molar-refractivity contribution in [3.63, 3.8) is 0 Å². The predicted octanol–water partition coefficient (Wildman–Crippen LogP) is 3.48. The van der Waals surface area contributed by atoms with Crippen molar-refractivity contribution in [1.82, 2.24) is 0 Å². The smallest absolute Gasteiger partial charge is 0.162 e. The summed E-state index contributed by atoms with van der Waals surface area (Å²) < 4.78 is 11.2. The largest absolute Gasteiger partial charge is 0.490 e. The van der Waals surface area contributed by atoms with Crippen LogP contribution in [0.1, 0.15) is 25.8 Å². The third-order valence-corrected chi connectivity index (χ3v) is 3.25. The summed E-state index contributed by atoms with van der Waals surface area (Å²) in [6, 6.07) is 7.37. The maximum atomic E-state index is 8.85. The van der Waals surface area contributed by atoms with E-state index in [1.54, 1.807) is 18.2 Å². The second-order valence-electron chi connectivity index (χ2n) is 3.61. The van der Waals surface area contributed by atoms with Crippen molar-refractivity contribution in [1.29, 1.82) is 5.26 Å². The van der Waals surface area contributed by atoms with Crippen LogP contribution in [0.4, 0.5) is 0 Å². The van der Waals surface area contributed by atoms with E-state index in [-0.39, 0.29) is 0 Å². The fourth-order valence-electron chi connectivity index (χ4n) is 1.45. The minimum absolute atomic E-state index is 0.566. The van der Waals surface area contributed by atoms with Crippen LogP contribution in [0, 0.1) is 11.3 Å². The van der Waals surface area contributed by atoms with E-state index in [1.165, 1.54) is 0 Å². The van der Waals surface area contributed by atoms with E-state index in [2.05, 4.69) is 13.0 Å². The summed E-state index contributed by atoms with van der Waals surface area (Å²) in [6.07, 6.45) is 1.02. The summed E-state index contributed by atoms with van der Waals surface area (Å²) >= 11 is 1.91. The van der Waals surface area contributed by atoms with Crippen molar-refractivity contribution in [2.45, 2.75) is 20.3 Å². The predicted molar refractivity (Wildman–Crippen MR) is 75.4 cm³/mol. The van der Waals surface area contributed by atoms with Gasteiger partial charge in [-0.3, -0.25) is 0 Å². The minimum atomic E-state index is 0.566. The molecule has 0 aliphatic heterocycles. The van der Waals surface area contributed by atoms with Crippen LogP contribution in [0.2, 0.25) is 0 Å². The first-order chi connectivity index (χ1) is 8.81. The van der Waals surface area contributed by atoms with Crippen LogP contribution in [0.15, 0.2) is 18.2 Å². The van der Waals surface area contributed by atoms with Crippen molar-refractivity contribution in [2.75, 3.05) is 24.7 Å². The highest BCUT2D eigenvalue weighted by molar-refractivity contribution is 7.99. The molecule has 4 heteroatoms. The summed E-state index contributed by atoms with van der Waals surface area (Å²) in [5, 5.41) is 8.85. The van der Waals surface area contributed by atoms with Crippen molar-refractivity contribution in [3.05, 3.63) is 23.8 Å². The van der Waals surface area contributed by atoms with Crippen LogP contribution in [0.5, 0.6) is 11.5 Å². The van der Waals surface area contributed by atoms with Crippen LogP contribution in [0.3, 0.4) is 0 Å². The zero-order valence-electron chi connectivity index (χ0n) is 10.9. The normalized spacial score (nSPS) is 9.83. The van der Waals surface area contributed by atoms with Crippen molar-refractivity contribution >= 4 is 11.8 Å². The third-order valence-electron chi connectivity index (χ3n) is 2.27. The fourth-order valence-corrected chi connectivity index (χ4v) is 2.06. The fraction of sp³-hybridized carbons (Fsp3) is 0.500. The van der Waals surface area contributed by atoms with Crippen LogP contribution >= 0.6 is 11.8 Å². The van der Waals surface area contributed by atoms with Gasteiger partial charge in [0.2, 0.25) is 0 Å². The van der Waals surface area contributed by atoms with Crippen LogP contribution in [-0.2, 0) is 0 Å². The Morgan fingerprint density at radius 3 is 2.72 bits per heavy atom. The van der Waals surface area contributed by atoms with Gasteiger partial charge in [0, 0.05) is 6.07 Å². The van der Waals surface area contributed by atoms with E-state index in [0.29, 0.717) is 24.5 Å². The molecule has 1 rings (SSSR count). The van der Waals surface area contributed by atoms with Gasteiger partial charge in [0.1, 0.15) is 0 Å². The second kappa shape index (κ2) is 8.71. The van der Waals surface area contributed by atoms with Gasteiger partial charge in [0.05, 0.1) is 24.8 Å². The summed E-state index contributed by atoms with van der Waals surface area (Å²) in [5.41, 5.74) is 0.590. The lowest BCUT2D eigenvalue weighted by molar-refractivity contribution is 0.277. The van der Waals surface area contributed by atoms with Crippen molar-refractivity contribution in [3.8, 4) is 17.6 Å². The van der Waals surface area contributed by atoms with Crippen molar-refractivity contribution < 1.29 is 9.47 Å². The molecule has 0 atom stereocenters. The number of thioether (sulfide) groups is 1. The van der Waals surface area contributed by atoms with Crippen LogP contribution in [0.25, 0.3) is 0 Å². The van der Waals surface area contributed by atoms with Gasteiger partial charge < -0.3 is 9.47 Å². The Morgan fingerprint density at radius 2 is 2.06 bits per heavy atom. The van der Waals surface area contributed by atoms with Gasteiger partial charge in [0.15, 0.2) is 11.5 Å². The zero-order valence-corrected chi connectivity index (χ0v) is 11.8. The molecule has 0 spiro atoms. The number of hydrogen-bond donors (Lipinski definition) is 0. The Bertz CT molecular complexity index is 401. The molecule has 0 amide bonds. The summed E-state index contributed by atoms with van der Waals surface area (Å²) in [4.78, 5) is 0. The van der Waals surface area contributed by atoms with E-state index in [0.717, 1.165) is 23.7 Å². The van der Waals surface area contributed by atoms with Gasteiger partial charge in [-0.25, -0.2) is 0 Å². The lowest BCUT2D eigenvalue weighted by Crippen LogP contribution is -2.02. The number of nitrogens with zero attached hydrogens (tertiary/aromatic N) is 1. The molecule has 0 radical (unpaired) electrons. The van der Waals surface area contributed by atoms with E-state index < -0.39 is 0 Å². The molecule has 0 aliphatic rings. The Balaban J connectivity index is 2.55. The summed E-state index contributed by atoms with van der Waals surface area (Å²) in [7, 11) is 0. The molecule has 0 aromatic heterocycles. The second-order valence-corrected chi connectivity index (χ2v) is 5.00. The van der Waals surface area contributed by atoms with Crippen LogP contribution < -0.4 is 9.47 Å². The first kappa shape index (κ1) is 14.7. The molecule has 98 valence electrons. The van der Waals surface area contributed by atoms with E-state index >= 15 is 0 Å². The number of nitriles is 1. The van der Waals surface area contributed by atoms with E-state index in [1.807, 2.05) is 18.7 Å². The Hall–Kier alpha value is -1.34. The standard InChI is InChI=1S/C14H19NO2S/c1-3-16-14-10-12(11-15)6-7-13(14)17-8-5-9-18-4-2/h6-7,10H,3-5,8-9H2,1-2H3. The first-order valence-corrected chi connectivity index (χ1v) is 7.34. The number of benzene rings is 1. The monoisotopic (exact) mass is 265 g/mol. The highest BCUT2D eigenvalue weighted by Gasteiger charge is 2.06. The number of rotatable bonds is 8. The highest BCUT2D eigenvalue weighted by atomic mass is 32.2. The molecule has 0 fully saturated rings. The molecule has 0 bridgehead atoms. The topological polar surface area (TPSA) is 42.2 Å². The van der Waals surface area contributed by atoms with E-state index in [9.17, 15) is 0 Å². The lowest BCUT2D eigenvalue weighted by atomic mass is 10.2. The van der Waals surface area contributed by atoms with Gasteiger partial charge in [-0.2, -0.15) is 17.0 Å². The lowest BCUT2D eigenvalue weighted by Gasteiger charge is -2.11. The minimum Gasteiger partial charge on any atom is -0.490 e. The Labute approximate surface area is 113 Å². The molecule has 1 aromatic carbocycles. The SMILES string of the molecule is CCOc1cc(C#N)ccc1OCCCSCC. The van der Waals surface area contributed by atoms with Gasteiger partial charge >= 0.3 is 0 Å². The average molecular weight is 265 g/mol. The van der Waals surface area contributed by atoms with Gasteiger partial charge in [0.25, 0.3) is 0 Å². The molecular weight excluding hydrogens is 246 g/mol. The van der Waals surface area contributed by atoms with Gasteiger partial charge in [-0.05, 0) is 37.0 Å².